The lowest BCUT2D eigenvalue weighted by Gasteiger charge is -2.26. The second kappa shape index (κ2) is 4.02. The van der Waals surface area contributed by atoms with Gasteiger partial charge in [-0.3, -0.25) is 0 Å². The molecule has 0 aromatic rings. The molecule has 17 heavy (non-hydrogen) atoms. The standard InChI is InChI=1S/C6HF11/c7-2(1-3(8,9)10)4(11,12)5(13,14)6(15,16)17/h1H/b2-1-. The number of halogens is 11. The molecule has 0 N–H and O–H groups in total. The van der Waals surface area contributed by atoms with E-state index in [2.05, 4.69) is 0 Å². The van der Waals surface area contributed by atoms with Gasteiger partial charge in [-0.05, 0) is 0 Å². The van der Waals surface area contributed by atoms with E-state index in [1.807, 2.05) is 0 Å². The minimum atomic E-state index is -6.95. The highest BCUT2D eigenvalue weighted by Crippen LogP contribution is 2.50. The third-order valence-corrected chi connectivity index (χ3v) is 1.34. The third kappa shape index (κ3) is 3.22. The molecule has 0 amide bonds. The van der Waals surface area contributed by atoms with Crippen molar-refractivity contribution in [2.24, 2.45) is 0 Å². The van der Waals surface area contributed by atoms with Gasteiger partial charge in [0.15, 0.2) is 5.83 Å². The van der Waals surface area contributed by atoms with E-state index in [1.165, 1.54) is 0 Å². The van der Waals surface area contributed by atoms with Crippen LogP contribution in [0.4, 0.5) is 48.3 Å². The first kappa shape index (κ1) is 16.0. The molecule has 0 saturated heterocycles. The first-order valence-electron chi connectivity index (χ1n) is 3.41. The Labute approximate surface area is 85.7 Å². The van der Waals surface area contributed by atoms with Gasteiger partial charge in [-0.2, -0.15) is 43.9 Å². The van der Waals surface area contributed by atoms with Crippen LogP contribution in [0.5, 0.6) is 0 Å². The van der Waals surface area contributed by atoms with E-state index in [4.69, 9.17) is 0 Å². The van der Waals surface area contributed by atoms with Crippen molar-refractivity contribution in [2.75, 3.05) is 0 Å². The molecule has 102 valence electrons. The average molecular weight is 282 g/mol. The van der Waals surface area contributed by atoms with Gasteiger partial charge in [0.05, 0.1) is 6.08 Å². The minimum Gasteiger partial charge on any atom is -0.205 e. The zero-order valence-corrected chi connectivity index (χ0v) is 7.23. The number of hydrogen-bond donors (Lipinski definition) is 0. The highest BCUT2D eigenvalue weighted by molar-refractivity contribution is 5.14. The van der Waals surface area contributed by atoms with Crippen LogP contribution in [0.15, 0.2) is 11.9 Å². The zero-order valence-electron chi connectivity index (χ0n) is 7.23. The molecule has 11 heteroatoms. The molecule has 0 atom stereocenters. The summed E-state index contributed by atoms with van der Waals surface area (Å²) in [5.41, 5.74) is 0. The molecule has 0 aliphatic heterocycles. The highest BCUT2D eigenvalue weighted by Gasteiger charge is 2.75. The van der Waals surface area contributed by atoms with Gasteiger partial charge in [0.2, 0.25) is 0 Å². The monoisotopic (exact) mass is 282 g/mol. The Morgan fingerprint density at radius 3 is 1.29 bits per heavy atom. The maximum absolute atomic E-state index is 12.2. The quantitative estimate of drug-likeness (QED) is 0.665. The molecule has 0 aromatic carbocycles. The van der Waals surface area contributed by atoms with Crippen LogP contribution in [-0.4, -0.2) is 24.2 Å². The van der Waals surface area contributed by atoms with Crippen LogP contribution in [0.1, 0.15) is 0 Å². The Hall–Kier alpha value is -1.03. The summed E-state index contributed by atoms with van der Waals surface area (Å²) in [5, 5.41) is 0. The van der Waals surface area contributed by atoms with Crippen LogP contribution in [-0.2, 0) is 0 Å². The molecule has 0 bridgehead atoms. The molecule has 0 unspecified atom stereocenters. The van der Waals surface area contributed by atoms with Crippen molar-refractivity contribution in [3.8, 4) is 0 Å². The molecule has 0 radical (unpaired) electrons. The van der Waals surface area contributed by atoms with Gasteiger partial charge in [0, 0.05) is 0 Å². The first-order valence-corrected chi connectivity index (χ1v) is 3.41. The summed E-state index contributed by atoms with van der Waals surface area (Å²) in [6.07, 6.45) is -14.7. The van der Waals surface area contributed by atoms with Crippen molar-refractivity contribution in [3.05, 3.63) is 11.9 Å². The van der Waals surface area contributed by atoms with E-state index in [1.54, 1.807) is 0 Å². The van der Waals surface area contributed by atoms with Crippen LogP contribution >= 0.6 is 0 Å². The molecule has 0 rings (SSSR count). The van der Waals surface area contributed by atoms with E-state index in [-0.39, 0.29) is 0 Å². The molecule has 0 nitrogen and oxygen atoms in total. The Kier molecular flexibility index (Phi) is 3.77. The summed E-state index contributed by atoms with van der Waals surface area (Å²) < 4.78 is 129. The molecule has 0 aliphatic rings. The van der Waals surface area contributed by atoms with E-state index in [9.17, 15) is 48.3 Å². The van der Waals surface area contributed by atoms with Gasteiger partial charge >= 0.3 is 24.2 Å². The fraction of sp³-hybridized carbons (Fsp3) is 0.667. The van der Waals surface area contributed by atoms with Crippen LogP contribution in [0, 0.1) is 0 Å². The molecule has 0 saturated carbocycles. The smallest absolute Gasteiger partial charge is 0.205 e. The lowest BCUT2D eigenvalue weighted by Crippen LogP contribution is -2.52. The molecular weight excluding hydrogens is 281 g/mol. The van der Waals surface area contributed by atoms with Crippen molar-refractivity contribution in [1.29, 1.82) is 0 Å². The molecule has 0 aliphatic carbocycles. The van der Waals surface area contributed by atoms with Gasteiger partial charge in [-0.1, -0.05) is 0 Å². The number of alkyl halides is 10. The number of allylic oxidation sites excluding steroid dienone is 2. The predicted molar refractivity (Wildman–Crippen MR) is 31.2 cm³/mol. The second-order valence-electron chi connectivity index (χ2n) is 2.68. The molecule has 0 heterocycles. The van der Waals surface area contributed by atoms with Gasteiger partial charge < -0.3 is 0 Å². The lowest BCUT2D eigenvalue weighted by atomic mass is 10.1. The van der Waals surface area contributed by atoms with E-state index < -0.39 is 36.1 Å². The molecule has 0 spiro atoms. The largest absolute Gasteiger partial charge is 0.460 e. The summed E-state index contributed by atoms with van der Waals surface area (Å²) >= 11 is 0. The maximum atomic E-state index is 12.2. The van der Waals surface area contributed by atoms with Crippen LogP contribution < -0.4 is 0 Å². The van der Waals surface area contributed by atoms with Gasteiger partial charge in [0.25, 0.3) is 0 Å². The topological polar surface area (TPSA) is 0 Å². The molecule has 0 fully saturated rings. The van der Waals surface area contributed by atoms with E-state index >= 15 is 0 Å². The second-order valence-corrected chi connectivity index (χ2v) is 2.68. The molecule has 0 aromatic heterocycles. The summed E-state index contributed by atoms with van der Waals surface area (Å²) in [4.78, 5) is 0. The van der Waals surface area contributed by atoms with Crippen molar-refractivity contribution >= 4 is 0 Å². The summed E-state index contributed by atoms with van der Waals surface area (Å²) in [6, 6.07) is 0. The maximum Gasteiger partial charge on any atom is 0.460 e. The number of hydrogen-bond acceptors (Lipinski definition) is 0. The highest BCUT2D eigenvalue weighted by atomic mass is 19.4. The van der Waals surface area contributed by atoms with Crippen LogP contribution in [0.25, 0.3) is 0 Å². The van der Waals surface area contributed by atoms with Crippen molar-refractivity contribution in [2.45, 2.75) is 24.2 Å². The number of rotatable bonds is 2. The van der Waals surface area contributed by atoms with Gasteiger partial charge in [-0.15, -0.1) is 0 Å². The van der Waals surface area contributed by atoms with Crippen molar-refractivity contribution in [3.63, 3.8) is 0 Å². The average Bonchev–Trinajstić information content (AvgIpc) is 1.97. The Morgan fingerprint density at radius 2 is 1.06 bits per heavy atom. The Morgan fingerprint density at radius 1 is 0.706 bits per heavy atom. The Balaban J connectivity index is 5.51. The summed E-state index contributed by atoms with van der Waals surface area (Å²) in [5.74, 6) is -17.5. The summed E-state index contributed by atoms with van der Waals surface area (Å²) in [6.45, 7) is 0. The predicted octanol–water partition coefficient (Wildman–Crippen LogP) is 4.24. The normalized spacial score (nSPS) is 16.3. The fourth-order valence-corrected chi connectivity index (χ4v) is 0.562. The van der Waals surface area contributed by atoms with Crippen molar-refractivity contribution in [1.82, 2.24) is 0 Å². The van der Waals surface area contributed by atoms with Crippen LogP contribution in [0.2, 0.25) is 0 Å². The first-order chi connectivity index (χ1) is 7.13. The lowest BCUT2D eigenvalue weighted by molar-refractivity contribution is -0.348. The zero-order chi connectivity index (χ0) is 14.3. The van der Waals surface area contributed by atoms with Crippen molar-refractivity contribution < 1.29 is 48.3 Å². The van der Waals surface area contributed by atoms with Gasteiger partial charge in [-0.25, -0.2) is 4.39 Å². The Bertz CT molecular complexity index is 303. The van der Waals surface area contributed by atoms with E-state index in [0.717, 1.165) is 0 Å². The third-order valence-electron chi connectivity index (χ3n) is 1.34. The van der Waals surface area contributed by atoms with E-state index in [0.29, 0.717) is 0 Å². The summed E-state index contributed by atoms with van der Waals surface area (Å²) in [7, 11) is 0. The fourth-order valence-electron chi connectivity index (χ4n) is 0.562. The SMILES string of the molecule is F/C(=C\C(F)(F)F)C(F)(F)C(F)(F)C(F)(F)F. The molecular formula is C6HF11. The van der Waals surface area contributed by atoms with Gasteiger partial charge in [0.1, 0.15) is 0 Å². The van der Waals surface area contributed by atoms with Crippen LogP contribution in [0.3, 0.4) is 0 Å². The minimum absolute atomic E-state index is 1.97.